The highest BCUT2D eigenvalue weighted by atomic mass is 28.4. The monoisotopic (exact) mass is 246 g/mol. The van der Waals surface area contributed by atoms with Crippen LogP contribution in [0.5, 0.6) is 0 Å². The maximum Gasteiger partial charge on any atom is 0.190 e. The molecule has 3 rings (SSSR count). The van der Waals surface area contributed by atoms with Gasteiger partial charge in [-0.1, -0.05) is 36.8 Å². The Labute approximate surface area is 105 Å². The third-order valence-corrected chi connectivity index (χ3v) is 8.00. The minimum Gasteiger partial charge on any atom is -0.414 e. The summed E-state index contributed by atoms with van der Waals surface area (Å²) in [5, 5.41) is 0. The summed E-state index contributed by atoms with van der Waals surface area (Å²) in [6, 6.07) is 11.0. The zero-order chi connectivity index (χ0) is 11.9. The molecule has 17 heavy (non-hydrogen) atoms. The predicted octanol–water partition coefficient (Wildman–Crippen LogP) is 4.00. The second kappa shape index (κ2) is 4.25. The molecule has 0 amide bonds. The van der Waals surface area contributed by atoms with Crippen LogP contribution in [-0.4, -0.2) is 14.4 Å². The van der Waals surface area contributed by atoms with Gasteiger partial charge in [0.1, 0.15) is 0 Å². The van der Waals surface area contributed by atoms with E-state index in [9.17, 15) is 0 Å². The molecule has 0 spiro atoms. The molecule has 92 valence electrons. The predicted molar refractivity (Wildman–Crippen MR) is 73.6 cm³/mol. The number of hydrogen-bond acceptors (Lipinski definition) is 1. The Hall–Kier alpha value is -0.603. The fraction of sp³-hybridized carbons (Fsp3) is 0.600. The van der Waals surface area contributed by atoms with Gasteiger partial charge in [0.2, 0.25) is 0 Å². The van der Waals surface area contributed by atoms with E-state index in [2.05, 4.69) is 43.4 Å². The van der Waals surface area contributed by atoms with Gasteiger partial charge in [0.25, 0.3) is 0 Å². The molecule has 1 aromatic rings. The quantitative estimate of drug-likeness (QED) is 0.717. The first-order valence-corrected chi connectivity index (χ1v) is 9.87. The maximum atomic E-state index is 6.40. The first kappa shape index (κ1) is 11.5. The molecule has 1 aliphatic heterocycles. The Morgan fingerprint density at radius 1 is 1.18 bits per heavy atom. The Morgan fingerprint density at radius 2 is 1.94 bits per heavy atom. The Morgan fingerprint density at radius 3 is 2.71 bits per heavy atom. The fourth-order valence-electron chi connectivity index (χ4n) is 3.82. The zero-order valence-electron chi connectivity index (χ0n) is 10.9. The Bertz CT molecular complexity index is 387. The zero-order valence-corrected chi connectivity index (χ0v) is 11.9. The van der Waals surface area contributed by atoms with Crippen molar-refractivity contribution in [3.05, 3.63) is 35.9 Å². The van der Waals surface area contributed by atoms with E-state index in [1.165, 1.54) is 31.2 Å². The minimum absolute atomic E-state index is 0.602. The molecular formula is C15H22OSi. The van der Waals surface area contributed by atoms with Crippen molar-refractivity contribution in [3.8, 4) is 0 Å². The third-order valence-electron chi connectivity index (χ3n) is 4.67. The van der Waals surface area contributed by atoms with Gasteiger partial charge >= 0.3 is 0 Å². The molecule has 2 fully saturated rings. The highest BCUT2D eigenvalue weighted by Crippen LogP contribution is 2.51. The van der Waals surface area contributed by atoms with Gasteiger partial charge in [0.15, 0.2) is 8.32 Å². The van der Waals surface area contributed by atoms with E-state index in [1.54, 1.807) is 0 Å². The van der Waals surface area contributed by atoms with Crippen molar-refractivity contribution in [2.45, 2.75) is 50.4 Å². The first-order valence-electron chi connectivity index (χ1n) is 6.88. The normalized spacial score (nSPS) is 34.8. The second-order valence-corrected chi connectivity index (χ2v) is 10.3. The molecule has 1 aromatic carbocycles. The summed E-state index contributed by atoms with van der Waals surface area (Å²) in [5.74, 6) is 0.858. The van der Waals surface area contributed by atoms with Crippen molar-refractivity contribution in [2.24, 2.45) is 5.92 Å². The lowest BCUT2D eigenvalue weighted by atomic mass is 9.96. The lowest BCUT2D eigenvalue weighted by Crippen LogP contribution is -2.33. The van der Waals surface area contributed by atoms with Gasteiger partial charge in [-0.05, 0) is 49.4 Å². The third kappa shape index (κ3) is 2.09. The van der Waals surface area contributed by atoms with Crippen molar-refractivity contribution in [3.63, 3.8) is 0 Å². The lowest BCUT2D eigenvalue weighted by molar-refractivity contribution is 0.199. The summed E-state index contributed by atoms with van der Waals surface area (Å²) < 4.78 is 6.40. The van der Waals surface area contributed by atoms with Crippen molar-refractivity contribution < 1.29 is 4.43 Å². The molecular weight excluding hydrogens is 224 g/mol. The number of benzene rings is 1. The van der Waals surface area contributed by atoms with Gasteiger partial charge in [-0.3, -0.25) is 0 Å². The van der Waals surface area contributed by atoms with Gasteiger partial charge in [0, 0.05) is 6.10 Å². The lowest BCUT2D eigenvalue weighted by Gasteiger charge is -2.26. The van der Waals surface area contributed by atoms with Crippen LogP contribution < -0.4 is 0 Å². The number of fused-ring (bicyclic) bond motifs is 1. The van der Waals surface area contributed by atoms with Crippen LogP contribution in [0.15, 0.2) is 30.3 Å². The average Bonchev–Trinajstić information content (AvgIpc) is 2.82. The molecule has 0 radical (unpaired) electrons. The molecule has 1 aliphatic carbocycles. The topological polar surface area (TPSA) is 9.23 Å². The molecule has 2 aliphatic rings. The van der Waals surface area contributed by atoms with Gasteiger partial charge in [0.05, 0.1) is 0 Å². The molecule has 2 heteroatoms. The molecule has 0 aromatic heterocycles. The van der Waals surface area contributed by atoms with E-state index in [0.717, 1.165) is 11.5 Å². The highest BCUT2D eigenvalue weighted by molar-refractivity contribution is 6.73. The largest absolute Gasteiger partial charge is 0.414 e. The Kier molecular flexibility index (Phi) is 2.87. The van der Waals surface area contributed by atoms with Crippen LogP contribution in [0.4, 0.5) is 0 Å². The number of hydrogen-bond donors (Lipinski definition) is 0. The van der Waals surface area contributed by atoms with E-state index in [0.29, 0.717) is 6.10 Å². The first-order chi connectivity index (χ1) is 8.17. The number of rotatable bonds is 2. The van der Waals surface area contributed by atoms with Crippen LogP contribution in [0.1, 0.15) is 24.8 Å². The molecule has 3 unspecified atom stereocenters. The van der Waals surface area contributed by atoms with E-state index in [1.807, 2.05) is 0 Å². The van der Waals surface area contributed by atoms with E-state index in [4.69, 9.17) is 4.43 Å². The molecule has 0 N–H and O–H groups in total. The molecule has 0 bridgehead atoms. The van der Waals surface area contributed by atoms with Crippen LogP contribution in [0.2, 0.25) is 18.6 Å². The molecule has 1 saturated heterocycles. The second-order valence-electron chi connectivity index (χ2n) is 6.15. The van der Waals surface area contributed by atoms with Gasteiger partial charge in [-0.2, -0.15) is 0 Å². The summed E-state index contributed by atoms with van der Waals surface area (Å²) in [4.78, 5) is 0. The average molecular weight is 246 g/mol. The van der Waals surface area contributed by atoms with Crippen LogP contribution in [0.3, 0.4) is 0 Å². The van der Waals surface area contributed by atoms with Crippen LogP contribution in [0.25, 0.3) is 0 Å². The summed E-state index contributed by atoms with van der Waals surface area (Å²) in [6.07, 6.45) is 5.93. The summed E-state index contributed by atoms with van der Waals surface area (Å²) in [6.45, 7) is 4.83. The van der Waals surface area contributed by atoms with Gasteiger partial charge < -0.3 is 4.43 Å². The van der Waals surface area contributed by atoms with Gasteiger partial charge in [-0.15, -0.1) is 0 Å². The highest BCUT2D eigenvalue weighted by Gasteiger charge is 2.52. The fourth-order valence-corrected chi connectivity index (χ4v) is 7.21. The smallest absolute Gasteiger partial charge is 0.190 e. The molecule has 3 atom stereocenters. The minimum atomic E-state index is -1.45. The van der Waals surface area contributed by atoms with Crippen LogP contribution in [-0.2, 0) is 10.8 Å². The standard InChI is InChI=1S/C15H22OSi/c1-17(2)15(11-12-7-4-3-5-8-12)13-9-6-10-14(13)16-17/h3-5,7-8,13-15H,6,9-11H2,1-2H3. The molecule has 1 saturated carbocycles. The van der Waals surface area contributed by atoms with Crippen molar-refractivity contribution in [1.29, 1.82) is 0 Å². The SMILES string of the molecule is C[Si]1(C)OC2CCCC2C1Cc1ccccc1. The van der Waals surface area contributed by atoms with E-state index < -0.39 is 8.32 Å². The summed E-state index contributed by atoms with van der Waals surface area (Å²) >= 11 is 0. The molecule has 1 nitrogen and oxygen atoms in total. The van der Waals surface area contributed by atoms with Crippen LogP contribution in [0, 0.1) is 5.92 Å². The van der Waals surface area contributed by atoms with Gasteiger partial charge in [-0.25, -0.2) is 0 Å². The summed E-state index contributed by atoms with van der Waals surface area (Å²) in [7, 11) is -1.45. The van der Waals surface area contributed by atoms with E-state index in [-0.39, 0.29) is 0 Å². The van der Waals surface area contributed by atoms with Crippen LogP contribution >= 0.6 is 0 Å². The van der Waals surface area contributed by atoms with Crippen molar-refractivity contribution >= 4 is 8.32 Å². The van der Waals surface area contributed by atoms with Crippen molar-refractivity contribution in [2.75, 3.05) is 0 Å². The van der Waals surface area contributed by atoms with Crippen molar-refractivity contribution in [1.82, 2.24) is 0 Å². The van der Waals surface area contributed by atoms with E-state index >= 15 is 0 Å². The summed E-state index contributed by atoms with van der Waals surface area (Å²) in [5.41, 5.74) is 2.33. The molecule has 1 heterocycles. The Balaban J connectivity index is 1.81. The maximum absolute atomic E-state index is 6.40.